The van der Waals surface area contributed by atoms with Crippen molar-refractivity contribution < 1.29 is 19.0 Å². The highest BCUT2D eigenvalue weighted by Gasteiger charge is 2.30. The number of carbonyl (C=O) groups excluding carboxylic acids is 1. The molecule has 2 aromatic rings. The summed E-state index contributed by atoms with van der Waals surface area (Å²) in [4.78, 5) is 15.3. The molecule has 1 aliphatic heterocycles. The van der Waals surface area contributed by atoms with Crippen LogP contribution < -0.4 is 9.47 Å². The number of piperidine rings is 1. The highest BCUT2D eigenvalue weighted by atomic mass is 16.5. The number of fused-ring (bicyclic) bond motifs is 1. The van der Waals surface area contributed by atoms with Crippen molar-refractivity contribution in [2.75, 3.05) is 27.3 Å². The van der Waals surface area contributed by atoms with Crippen molar-refractivity contribution >= 4 is 11.7 Å². The molecule has 0 amide bonds. The first-order valence-electron chi connectivity index (χ1n) is 13.6. The zero-order chi connectivity index (χ0) is 25.3. The van der Waals surface area contributed by atoms with Crippen molar-refractivity contribution in [2.24, 2.45) is 5.92 Å². The minimum absolute atomic E-state index is 0.126. The van der Waals surface area contributed by atoms with Gasteiger partial charge in [0.2, 0.25) is 0 Å². The molecule has 1 fully saturated rings. The van der Waals surface area contributed by atoms with Gasteiger partial charge < -0.3 is 14.2 Å². The third-order valence-electron chi connectivity index (χ3n) is 7.52. The third-order valence-corrected chi connectivity index (χ3v) is 7.52. The van der Waals surface area contributed by atoms with Crippen LogP contribution in [-0.2, 0) is 22.5 Å². The van der Waals surface area contributed by atoms with Gasteiger partial charge in [-0.1, -0.05) is 56.5 Å². The van der Waals surface area contributed by atoms with Crippen LogP contribution in [0.5, 0.6) is 11.5 Å². The van der Waals surface area contributed by atoms with Crippen LogP contribution >= 0.6 is 0 Å². The molecule has 0 saturated carbocycles. The second-order valence-corrected chi connectivity index (χ2v) is 10.2. The number of allylic oxidation sites excluding steroid dienone is 1. The smallest absolute Gasteiger partial charge is 0.311 e. The molecule has 0 spiro atoms. The van der Waals surface area contributed by atoms with Crippen molar-refractivity contribution in [3.63, 3.8) is 0 Å². The van der Waals surface area contributed by atoms with Crippen molar-refractivity contribution in [2.45, 2.75) is 71.3 Å². The Morgan fingerprint density at radius 1 is 0.972 bits per heavy atom. The number of hydrogen-bond donors (Lipinski definition) is 0. The average Bonchev–Trinajstić information content (AvgIpc) is 3.22. The summed E-state index contributed by atoms with van der Waals surface area (Å²) >= 11 is 0. The van der Waals surface area contributed by atoms with E-state index < -0.39 is 0 Å². The van der Waals surface area contributed by atoms with Gasteiger partial charge in [0.1, 0.15) is 5.76 Å². The molecular formula is C31H41NO4. The number of rotatable bonds is 12. The summed E-state index contributed by atoms with van der Waals surface area (Å²) in [6.07, 6.45) is 8.84. The van der Waals surface area contributed by atoms with E-state index in [1.54, 1.807) is 14.2 Å². The Hall–Kier alpha value is -2.79. The van der Waals surface area contributed by atoms with Gasteiger partial charge in [0.05, 0.1) is 14.2 Å². The van der Waals surface area contributed by atoms with Gasteiger partial charge in [-0.15, -0.1) is 0 Å². The molecule has 0 unspecified atom stereocenters. The van der Waals surface area contributed by atoms with E-state index in [1.165, 1.54) is 11.1 Å². The molecule has 2 aromatic carbocycles. The number of likely N-dealkylation sites (tertiary alicyclic amines) is 1. The molecule has 0 bridgehead atoms. The molecule has 4 rings (SSSR count). The lowest BCUT2D eigenvalue weighted by Crippen LogP contribution is -2.33. The van der Waals surface area contributed by atoms with Crippen LogP contribution in [0.1, 0.15) is 75.0 Å². The standard InChI is InChI=1S/C31H41NO4/c1-4-5-6-10-13-30(33)36-31-26(19-25-20-28(34-2)29(35-3)21-27(25)31)18-23-14-16-32(17-15-23)22-24-11-8-7-9-12-24/h7-9,11-12,20-21,23H,4-6,10,13-19,22H2,1-3H3. The van der Waals surface area contributed by atoms with Gasteiger partial charge in [0.15, 0.2) is 11.5 Å². The van der Waals surface area contributed by atoms with E-state index in [1.807, 2.05) is 12.1 Å². The van der Waals surface area contributed by atoms with Crippen molar-refractivity contribution in [1.29, 1.82) is 0 Å². The lowest BCUT2D eigenvalue weighted by molar-refractivity contribution is -0.136. The lowest BCUT2D eigenvalue weighted by Gasteiger charge is -2.32. The van der Waals surface area contributed by atoms with Crippen LogP contribution in [0.25, 0.3) is 5.76 Å². The first-order chi connectivity index (χ1) is 17.6. The summed E-state index contributed by atoms with van der Waals surface area (Å²) in [6, 6.07) is 14.7. The minimum Gasteiger partial charge on any atom is -0.493 e. The normalized spacial score (nSPS) is 16.2. The number of carbonyl (C=O) groups is 1. The fourth-order valence-electron chi connectivity index (χ4n) is 5.47. The van der Waals surface area contributed by atoms with Crippen LogP contribution in [0, 0.1) is 5.92 Å². The Morgan fingerprint density at radius 3 is 2.39 bits per heavy atom. The topological polar surface area (TPSA) is 48.0 Å². The molecule has 2 aliphatic rings. The van der Waals surface area contributed by atoms with Crippen LogP contribution in [-0.4, -0.2) is 38.2 Å². The van der Waals surface area contributed by atoms with Crippen LogP contribution in [0.2, 0.25) is 0 Å². The molecule has 194 valence electrons. The first kappa shape index (κ1) is 26.3. The SMILES string of the molecule is CCCCCCC(=O)OC1=C(CC2CCN(Cc3ccccc3)CC2)Cc2cc(OC)c(OC)cc21. The van der Waals surface area contributed by atoms with Crippen molar-refractivity contribution in [3.8, 4) is 11.5 Å². The molecule has 1 heterocycles. The summed E-state index contributed by atoms with van der Waals surface area (Å²) in [5.41, 5.74) is 4.74. The van der Waals surface area contributed by atoms with Crippen molar-refractivity contribution in [1.82, 2.24) is 4.90 Å². The van der Waals surface area contributed by atoms with E-state index in [9.17, 15) is 4.79 Å². The molecule has 0 N–H and O–H groups in total. The van der Waals surface area contributed by atoms with E-state index in [0.717, 1.165) is 93.6 Å². The molecule has 5 nitrogen and oxygen atoms in total. The third kappa shape index (κ3) is 6.70. The van der Waals surface area contributed by atoms with E-state index in [4.69, 9.17) is 14.2 Å². The molecule has 0 atom stereocenters. The quantitative estimate of drug-likeness (QED) is 0.242. The van der Waals surface area contributed by atoms with Crippen LogP contribution in [0.4, 0.5) is 0 Å². The predicted molar refractivity (Wildman–Crippen MR) is 144 cm³/mol. The summed E-state index contributed by atoms with van der Waals surface area (Å²) in [5.74, 6) is 2.63. The fourth-order valence-corrected chi connectivity index (χ4v) is 5.47. The second-order valence-electron chi connectivity index (χ2n) is 10.2. The molecule has 1 aliphatic carbocycles. The second kappa shape index (κ2) is 13.0. The number of methoxy groups -OCH3 is 2. The molecular weight excluding hydrogens is 450 g/mol. The average molecular weight is 492 g/mol. The first-order valence-corrected chi connectivity index (χ1v) is 13.6. The molecule has 0 aromatic heterocycles. The highest BCUT2D eigenvalue weighted by Crippen LogP contribution is 2.43. The number of hydrogen-bond acceptors (Lipinski definition) is 5. The van der Waals surface area contributed by atoms with E-state index in [0.29, 0.717) is 18.1 Å². The number of benzene rings is 2. The van der Waals surface area contributed by atoms with Gasteiger partial charge in [-0.2, -0.15) is 0 Å². The van der Waals surface area contributed by atoms with Crippen molar-refractivity contribution in [3.05, 3.63) is 64.7 Å². The number of esters is 1. The summed E-state index contributed by atoms with van der Waals surface area (Å²) < 4.78 is 17.2. The summed E-state index contributed by atoms with van der Waals surface area (Å²) in [5, 5.41) is 0. The van der Waals surface area contributed by atoms with Gasteiger partial charge in [-0.05, 0) is 79.9 Å². The Labute approximate surface area is 216 Å². The van der Waals surface area contributed by atoms with Crippen LogP contribution in [0.15, 0.2) is 48.0 Å². The molecule has 1 saturated heterocycles. The zero-order valence-electron chi connectivity index (χ0n) is 22.2. The Bertz CT molecular complexity index is 1040. The highest BCUT2D eigenvalue weighted by molar-refractivity contribution is 5.83. The van der Waals surface area contributed by atoms with E-state index >= 15 is 0 Å². The molecule has 0 radical (unpaired) electrons. The maximum atomic E-state index is 12.8. The maximum absolute atomic E-state index is 12.8. The number of ether oxygens (including phenoxy) is 3. The zero-order valence-corrected chi connectivity index (χ0v) is 22.2. The fraction of sp³-hybridized carbons (Fsp3) is 0.516. The van der Waals surface area contributed by atoms with Gasteiger partial charge in [-0.25, -0.2) is 0 Å². The van der Waals surface area contributed by atoms with Gasteiger partial charge >= 0.3 is 5.97 Å². The maximum Gasteiger partial charge on any atom is 0.311 e. The van der Waals surface area contributed by atoms with E-state index in [-0.39, 0.29) is 5.97 Å². The minimum atomic E-state index is -0.126. The summed E-state index contributed by atoms with van der Waals surface area (Å²) in [6.45, 7) is 5.41. The molecule has 5 heteroatoms. The Balaban J connectivity index is 1.45. The number of unbranched alkanes of at least 4 members (excludes halogenated alkanes) is 3. The predicted octanol–water partition coefficient (Wildman–Crippen LogP) is 6.79. The Morgan fingerprint density at radius 2 is 1.69 bits per heavy atom. The molecule has 36 heavy (non-hydrogen) atoms. The van der Waals surface area contributed by atoms with Gasteiger partial charge in [0, 0.05) is 18.5 Å². The van der Waals surface area contributed by atoms with E-state index in [2.05, 4.69) is 42.2 Å². The van der Waals surface area contributed by atoms with Crippen LogP contribution in [0.3, 0.4) is 0 Å². The monoisotopic (exact) mass is 491 g/mol. The number of nitrogens with zero attached hydrogens (tertiary/aromatic N) is 1. The largest absolute Gasteiger partial charge is 0.493 e. The Kier molecular flexibility index (Phi) is 9.46. The summed E-state index contributed by atoms with van der Waals surface area (Å²) in [7, 11) is 3.31. The lowest BCUT2D eigenvalue weighted by atomic mass is 9.89. The van der Waals surface area contributed by atoms with Gasteiger partial charge in [-0.3, -0.25) is 9.69 Å². The van der Waals surface area contributed by atoms with Gasteiger partial charge in [0.25, 0.3) is 0 Å².